The predicted octanol–water partition coefficient (Wildman–Crippen LogP) is 3.10. The van der Waals surface area contributed by atoms with Crippen LogP contribution in [-0.4, -0.2) is 35.1 Å². The number of rotatable bonds is 5. The normalized spacial score (nSPS) is 26.9. The third-order valence-corrected chi connectivity index (χ3v) is 3.91. The van der Waals surface area contributed by atoms with Crippen LogP contribution in [0.1, 0.15) is 34.1 Å². The summed E-state index contributed by atoms with van der Waals surface area (Å²) in [5.74, 6) is -0.0185. The number of hydrogen-bond acceptors (Lipinski definition) is 2. The van der Waals surface area contributed by atoms with E-state index in [4.69, 9.17) is 16.3 Å². The van der Waals surface area contributed by atoms with Crippen molar-refractivity contribution in [3.63, 3.8) is 0 Å². The molecule has 3 nitrogen and oxygen atoms in total. The van der Waals surface area contributed by atoms with Gasteiger partial charge in [-0.05, 0) is 25.8 Å². The van der Waals surface area contributed by atoms with Crippen LogP contribution < -0.4 is 0 Å². The summed E-state index contributed by atoms with van der Waals surface area (Å²) in [6.07, 6.45) is 6.69. The molecule has 0 aromatic rings. The molecule has 1 amide bonds. The van der Waals surface area contributed by atoms with E-state index in [1.54, 1.807) is 11.8 Å². The summed E-state index contributed by atoms with van der Waals surface area (Å²) in [6.45, 7) is 8.36. The zero-order valence-corrected chi connectivity index (χ0v) is 12.3. The summed E-state index contributed by atoms with van der Waals surface area (Å²) in [4.78, 5) is 13.0. The molecule has 0 aliphatic heterocycles. The van der Waals surface area contributed by atoms with E-state index in [2.05, 4.69) is 0 Å². The Balaban J connectivity index is 3.03. The number of alkyl halides is 1. The molecule has 0 fully saturated rings. The molecule has 0 aromatic heterocycles. The fourth-order valence-corrected chi connectivity index (χ4v) is 2.64. The van der Waals surface area contributed by atoms with Crippen molar-refractivity contribution in [2.24, 2.45) is 0 Å². The second-order valence-electron chi connectivity index (χ2n) is 4.56. The molecule has 0 N–H and O–H groups in total. The highest BCUT2D eigenvalue weighted by atomic mass is 35.5. The minimum Gasteiger partial charge on any atom is -0.361 e. The Bertz CT molecular complexity index is 365. The van der Waals surface area contributed by atoms with Gasteiger partial charge in [0.1, 0.15) is 6.73 Å². The van der Waals surface area contributed by atoms with Gasteiger partial charge < -0.3 is 9.64 Å². The van der Waals surface area contributed by atoms with Crippen molar-refractivity contribution in [2.45, 2.75) is 45.0 Å². The first-order chi connectivity index (χ1) is 8.46. The number of carbonyl (C=O) groups excluding carboxylic acids is 1. The molecule has 2 atom stereocenters. The lowest BCUT2D eigenvalue weighted by Crippen LogP contribution is -2.52. The van der Waals surface area contributed by atoms with E-state index >= 15 is 0 Å². The zero-order valence-electron chi connectivity index (χ0n) is 11.6. The topological polar surface area (TPSA) is 29.5 Å². The van der Waals surface area contributed by atoms with Crippen LogP contribution in [0.2, 0.25) is 0 Å². The third kappa shape index (κ3) is 3.15. The molecule has 18 heavy (non-hydrogen) atoms. The standard InChI is InChI=1S/C14H22ClNO2/c1-5-14(15)9-7-8-11(3)13(14)16(12(4)17)10-18-6-2/h7-9,13H,5-6,10H2,1-4H3. The average molecular weight is 272 g/mol. The van der Waals surface area contributed by atoms with Crippen LogP contribution in [0.3, 0.4) is 0 Å². The number of hydrogen-bond donors (Lipinski definition) is 0. The SMILES string of the molecule is CCOCN(C(C)=O)C1C(C)=CC=CC1(Cl)CC. The predicted molar refractivity (Wildman–Crippen MR) is 74.6 cm³/mol. The Morgan fingerprint density at radius 3 is 2.72 bits per heavy atom. The van der Waals surface area contributed by atoms with E-state index in [1.165, 1.54) is 0 Å². The molecule has 0 saturated carbocycles. The maximum atomic E-state index is 11.8. The van der Waals surface area contributed by atoms with Gasteiger partial charge in [-0.3, -0.25) is 4.79 Å². The molecule has 0 saturated heterocycles. The average Bonchev–Trinajstić information content (AvgIpc) is 2.32. The van der Waals surface area contributed by atoms with Crippen LogP contribution in [0, 0.1) is 0 Å². The number of carbonyl (C=O) groups is 1. The minimum absolute atomic E-state index is 0.0185. The lowest BCUT2D eigenvalue weighted by Gasteiger charge is -2.42. The number of nitrogens with zero attached hydrogens (tertiary/aromatic N) is 1. The van der Waals surface area contributed by atoms with Gasteiger partial charge in [0.15, 0.2) is 0 Å². The smallest absolute Gasteiger partial charge is 0.221 e. The van der Waals surface area contributed by atoms with Crippen molar-refractivity contribution in [1.82, 2.24) is 4.90 Å². The Kier molecular flexibility index (Phi) is 5.42. The summed E-state index contributed by atoms with van der Waals surface area (Å²) >= 11 is 6.66. The maximum Gasteiger partial charge on any atom is 0.221 e. The Morgan fingerprint density at radius 1 is 1.56 bits per heavy atom. The van der Waals surface area contributed by atoms with E-state index in [9.17, 15) is 4.79 Å². The van der Waals surface area contributed by atoms with Gasteiger partial charge in [-0.2, -0.15) is 0 Å². The van der Waals surface area contributed by atoms with E-state index < -0.39 is 4.87 Å². The molecule has 0 spiro atoms. The molecule has 2 unspecified atom stereocenters. The van der Waals surface area contributed by atoms with Crippen molar-refractivity contribution in [3.8, 4) is 0 Å². The van der Waals surface area contributed by atoms with Gasteiger partial charge in [-0.1, -0.05) is 25.2 Å². The molecule has 1 rings (SSSR count). The van der Waals surface area contributed by atoms with E-state index in [0.29, 0.717) is 6.61 Å². The van der Waals surface area contributed by atoms with Gasteiger partial charge in [0.05, 0.1) is 10.9 Å². The monoisotopic (exact) mass is 271 g/mol. The van der Waals surface area contributed by atoms with Crippen LogP contribution >= 0.6 is 11.6 Å². The highest BCUT2D eigenvalue weighted by Gasteiger charge is 2.40. The van der Waals surface area contributed by atoms with Crippen LogP contribution in [0.5, 0.6) is 0 Å². The molecule has 4 heteroatoms. The molecule has 102 valence electrons. The zero-order chi connectivity index (χ0) is 13.8. The van der Waals surface area contributed by atoms with Gasteiger partial charge in [0, 0.05) is 13.5 Å². The number of allylic oxidation sites excluding steroid dienone is 2. The van der Waals surface area contributed by atoms with Crippen molar-refractivity contribution in [3.05, 3.63) is 23.8 Å². The summed E-state index contributed by atoms with van der Waals surface area (Å²) in [5.41, 5.74) is 1.09. The summed E-state index contributed by atoms with van der Waals surface area (Å²) in [7, 11) is 0. The molecular weight excluding hydrogens is 250 g/mol. The second kappa shape index (κ2) is 6.39. The molecule has 0 radical (unpaired) electrons. The van der Waals surface area contributed by atoms with Gasteiger partial charge in [0.25, 0.3) is 0 Å². The summed E-state index contributed by atoms with van der Waals surface area (Å²) in [6, 6.07) is -0.141. The minimum atomic E-state index is -0.540. The largest absolute Gasteiger partial charge is 0.361 e. The highest BCUT2D eigenvalue weighted by molar-refractivity contribution is 6.26. The first kappa shape index (κ1) is 15.3. The lowest BCUT2D eigenvalue weighted by molar-refractivity contribution is -0.137. The highest BCUT2D eigenvalue weighted by Crippen LogP contribution is 2.36. The van der Waals surface area contributed by atoms with Crippen molar-refractivity contribution < 1.29 is 9.53 Å². The number of ether oxygens (including phenoxy) is 1. The fraction of sp³-hybridized carbons (Fsp3) is 0.643. The van der Waals surface area contributed by atoms with Crippen LogP contribution in [0.25, 0.3) is 0 Å². The van der Waals surface area contributed by atoms with E-state index in [-0.39, 0.29) is 18.7 Å². The van der Waals surface area contributed by atoms with E-state index in [1.807, 2.05) is 39.0 Å². The molecule has 1 aliphatic rings. The van der Waals surface area contributed by atoms with Gasteiger partial charge in [0.2, 0.25) is 5.91 Å². The van der Waals surface area contributed by atoms with Gasteiger partial charge in [-0.15, -0.1) is 11.6 Å². The van der Waals surface area contributed by atoms with Crippen molar-refractivity contribution in [1.29, 1.82) is 0 Å². The van der Waals surface area contributed by atoms with Gasteiger partial charge in [-0.25, -0.2) is 0 Å². The Hall–Kier alpha value is -0.800. The first-order valence-electron chi connectivity index (χ1n) is 6.36. The fourth-order valence-electron chi connectivity index (χ4n) is 2.27. The molecular formula is C14H22ClNO2. The Morgan fingerprint density at radius 2 is 2.22 bits per heavy atom. The van der Waals surface area contributed by atoms with Crippen LogP contribution in [0.15, 0.2) is 23.8 Å². The van der Waals surface area contributed by atoms with Crippen LogP contribution in [0.4, 0.5) is 0 Å². The Labute approximate surface area is 114 Å². The number of halogens is 1. The molecule has 0 bridgehead atoms. The second-order valence-corrected chi connectivity index (χ2v) is 5.27. The van der Waals surface area contributed by atoms with Crippen LogP contribution in [-0.2, 0) is 9.53 Å². The van der Waals surface area contributed by atoms with Crippen molar-refractivity contribution in [2.75, 3.05) is 13.3 Å². The molecule has 0 aromatic carbocycles. The van der Waals surface area contributed by atoms with Gasteiger partial charge >= 0.3 is 0 Å². The summed E-state index contributed by atoms with van der Waals surface area (Å²) < 4.78 is 5.39. The lowest BCUT2D eigenvalue weighted by atomic mass is 9.85. The number of amides is 1. The van der Waals surface area contributed by atoms with Crippen molar-refractivity contribution >= 4 is 17.5 Å². The molecule has 0 heterocycles. The molecule has 1 aliphatic carbocycles. The quantitative estimate of drug-likeness (QED) is 0.568. The summed E-state index contributed by atoms with van der Waals surface area (Å²) in [5, 5.41) is 0. The van der Waals surface area contributed by atoms with E-state index in [0.717, 1.165) is 12.0 Å². The third-order valence-electron chi connectivity index (χ3n) is 3.31. The first-order valence-corrected chi connectivity index (χ1v) is 6.74. The maximum absolute atomic E-state index is 11.8.